The number of aliphatic hydroxyl groups is 1. The smallest absolute Gasteiger partial charge is 0.0622 e. The Balaban J connectivity index is 1.48. The van der Waals surface area contributed by atoms with Crippen molar-refractivity contribution in [2.75, 3.05) is 13.7 Å². The van der Waals surface area contributed by atoms with Gasteiger partial charge in [-0.3, -0.25) is 0 Å². The Hall–Kier alpha value is -0.0800. The zero-order chi connectivity index (χ0) is 15.5. The van der Waals surface area contributed by atoms with Crippen LogP contribution in [-0.4, -0.2) is 24.4 Å². The lowest BCUT2D eigenvalue weighted by molar-refractivity contribution is -0.178. The van der Waals surface area contributed by atoms with E-state index in [-0.39, 0.29) is 5.60 Å². The summed E-state index contributed by atoms with van der Waals surface area (Å²) in [4.78, 5) is 0. The minimum Gasteiger partial charge on any atom is -0.390 e. The second-order valence-corrected chi connectivity index (χ2v) is 9.61. The highest BCUT2D eigenvalue weighted by Crippen LogP contribution is 2.67. The molecule has 4 saturated carbocycles. The summed E-state index contributed by atoms with van der Waals surface area (Å²) < 4.78 is 5.48. The van der Waals surface area contributed by atoms with E-state index in [1.807, 2.05) is 7.11 Å². The van der Waals surface area contributed by atoms with Gasteiger partial charge in [0.25, 0.3) is 0 Å². The molecule has 0 spiro atoms. The van der Waals surface area contributed by atoms with Gasteiger partial charge in [0.15, 0.2) is 0 Å². The summed E-state index contributed by atoms with van der Waals surface area (Å²) in [6.45, 7) is 5.59. The molecular formula is C20H34O2. The Morgan fingerprint density at radius 1 is 1.00 bits per heavy atom. The van der Waals surface area contributed by atoms with Gasteiger partial charge in [-0.25, -0.2) is 0 Å². The lowest BCUT2D eigenvalue weighted by Crippen LogP contribution is -2.59. The Bertz CT molecular complexity index is 431. The SMILES string of the molecule is COC[C@@H]1C[C@H]2[C@@H]3CC[C@@H]4C[C@](C)(O)CC[C@@H]4[C@H]3CC[C@]12C. The highest BCUT2D eigenvalue weighted by atomic mass is 16.5. The standard InChI is InChI=1S/C20H34O2/c1-19(21)8-6-15-13(11-19)4-5-17-16(15)7-9-20(2)14(12-22-3)10-18(17)20/h13-18,21H,4-12H2,1-3H3/t13-,14+,15+,16-,17-,18+,19-,20-/m1/s1. The number of ether oxygens (including phenoxy) is 1. The third-order valence-electron chi connectivity index (χ3n) is 8.51. The monoisotopic (exact) mass is 306 g/mol. The van der Waals surface area contributed by atoms with E-state index in [4.69, 9.17) is 4.74 Å². The van der Waals surface area contributed by atoms with Crippen LogP contribution in [-0.2, 0) is 4.74 Å². The van der Waals surface area contributed by atoms with E-state index in [1.165, 1.54) is 38.5 Å². The van der Waals surface area contributed by atoms with Crippen LogP contribution in [0.25, 0.3) is 0 Å². The van der Waals surface area contributed by atoms with Gasteiger partial charge in [-0.05, 0) is 99.2 Å². The van der Waals surface area contributed by atoms with Crippen molar-refractivity contribution in [2.24, 2.45) is 40.9 Å². The molecule has 0 saturated heterocycles. The summed E-state index contributed by atoms with van der Waals surface area (Å²) in [5.74, 6) is 5.46. The molecule has 4 aliphatic rings. The summed E-state index contributed by atoms with van der Waals surface area (Å²) in [5.41, 5.74) is 0.196. The van der Waals surface area contributed by atoms with Gasteiger partial charge in [0.2, 0.25) is 0 Å². The molecule has 0 aromatic carbocycles. The van der Waals surface area contributed by atoms with Crippen LogP contribution >= 0.6 is 0 Å². The van der Waals surface area contributed by atoms with Crippen molar-refractivity contribution < 1.29 is 9.84 Å². The van der Waals surface area contributed by atoms with E-state index in [9.17, 15) is 5.11 Å². The normalized spacial score (nSPS) is 57.3. The van der Waals surface area contributed by atoms with Crippen molar-refractivity contribution in [3.8, 4) is 0 Å². The quantitative estimate of drug-likeness (QED) is 0.826. The van der Waals surface area contributed by atoms with Gasteiger partial charge >= 0.3 is 0 Å². The van der Waals surface area contributed by atoms with Gasteiger partial charge in [-0.1, -0.05) is 6.92 Å². The zero-order valence-electron chi connectivity index (χ0n) is 14.7. The van der Waals surface area contributed by atoms with E-state index < -0.39 is 0 Å². The molecule has 4 aliphatic carbocycles. The van der Waals surface area contributed by atoms with Crippen molar-refractivity contribution in [3.63, 3.8) is 0 Å². The number of fused-ring (bicyclic) bond motifs is 5. The molecule has 0 heterocycles. The van der Waals surface area contributed by atoms with E-state index in [0.717, 1.165) is 55.0 Å². The van der Waals surface area contributed by atoms with Crippen molar-refractivity contribution in [3.05, 3.63) is 0 Å². The molecule has 0 radical (unpaired) electrons. The van der Waals surface area contributed by atoms with Crippen LogP contribution in [0.15, 0.2) is 0 Å². The van der Waals surface area contributed by atoms with E-state index in [0.29, 0.717) is 5.41 Å². The van der Waals surface area contributed by atoms with Gasteiger partial charge < -0.3 is 9.84 Å². The second kappa shape index (κ2) is 5.21. The van der Waals surface area contributed by atoms with Gasteiger partial charge in [-0.2, -0.15) is 0 Å². The van der Waals surface area contributed by atoms with E-state index in [1.54, 1.807) is 0 Å². The topological polar surface area (TPSA) is 29.5 Å². The maximum atomic E-state index is 10.4. The molecular weight excluding hydrogens is 272 g/mol. The van der Waals surface area contributed by atoms with Crippen LogP contribution in [0, 0.1) is 40.9 Å². The molecule has 4 rings (SSSR count). The molecule has 4 fully saturated rings. The highest BCUT2D eigenvalue weighted by molar-refractivity contribution is 5.09. The van der Waals surface area contributed by atoms with Gasteiger partial charge in [-0.15, -0.1) is 0 Å². The Morgan fingerprint density at radius 2 is 1.77 bits per heavy atom. The summed E-state index contributed by atoms with van der Waals surface area (Å²) in [5, 5.41) is 10.4. The molecule has 8 atom stereocenters. The Morgan fingerprint density at radius 3 is 2.55 bits per heavy atom. The average Bonchev–Trinajstić information content (AvgIpc) is 2.47. The molecule has 0 amide bonds. The van der Waals surface area contributed by atoms with E-state index in [2.05, 4.69) is 13.8 Å². The first-order valence-electron chi connectivity index (χ1n) is 9.66. The summed E-state index contributed by atoms with van der Waals surface area (Å²) in [6.07, 6.45) is 10.5. The predicted molar refractivity (Wildman–Crippen MR) is 88.5 cm³/mol. The van der Waals surface area contributed by atoms with Gasteiger partial charge in [0.05, 0.1) is 5.60 Å². The zero-order valence-corrected chi connectivity index (χ0v) is 14.7. The number of methoxy groups -OCH3 is 1. The average molecular weight is 306 g/mol. The molecule has 1 N–H and O–H groups in total. The fourth-order valence-corrected chi connectivity index (χ4v) is 7.26. The van der Waals surface area contributed by atoms with Crippen molar-refractivity contribution in [2.45, 2.75) is 70.8 Å². The van der Waals surface area contributed by atoms with Crippen LogP contribution in [0.1, 0.15) is 65.2 Å². The molecule has 0 aromatic rings. The number of hydrogen-bond donors (Lipinski definition) is 1. The lowest BCUT2D eigenvalue weighted by atomic mass is 9.40. The molecule has 0 bridgehead atoms. The summed E-state index contributed by atoms with van der Waals surface area (Å²) in [6, 6.07) is 0. The molecule has 22 heavy (non-hydrogen) atoms. The minimum atomic E-state index is -0.378. The molecule has 0 aromatic heterocycles. The van der Waals surface area contributed by atoms with Crippen molar-refractivity contribution >= 4 is 0 Å². The Labute approximate surface area is 136 Å². The highest BCUT2D eigenvalue weighted by Gasteiger charge is 2.60. The van der Waals surface area contributed by atoms with Crippen LogP contribution in [0.3, 0.4) is 0 Å². The van der Waals surface area contributed by atoms with Crippen LogP contribution < -0.4 is 0 Å². The fraction of sp³-hybridized carbons (Fsp3) is 1.00. The number of rotatable bonds is 2. The molecule has 126 valence electrons. The minimum absolute atomic E-state index is 0.378. The lowest BCUT2D eigenvalue weighted by Gasteiger charge is -2.65. The molecule has 0 unspecified atom stereocenters. The molecule has 2 nitrogen and oxygen atoms in total. The third-order valence-corrected chi connectivity index (χ3v) is 8.51. The van der Waals surface area contributed by atoms with E-state index >= 15 is 0 Å². The second-order valence-electron chi connectivity index (χ2n) is 9.61. The van der Waals surface area contributed by atoms with Gasteiger partial charge in [0.1, 0.15) is 0 Å². The summed E-state index contributed by atoms with van der Waals surface area (Å²) in [7, 11) is 1.86. The Kier molecular flexibility index (Phi) is 3.66. The third kappa shape index (κ3) is 2.20. The van der Waals surface area contributed by atoms with Crippen LogP contribution in [0.2, 0.25) is 0 Å². The summed E-state index contributed by atoms with van der Waals surface area (Å²) >= 11 is 0. The van der Waals surface area contributed by atoms with Crippen molar-refractivity contribution in [1.29, 1.82) is 0 Å². The fourth-order valence-electron chi connectivity index (χ4n) is 7.26. The number of hydrogen-bond acceptors (Lipinski definition) is 2. The van der Waals surface area contributed by atoms with Crippen LogP contribution in [0.5, 0.6) is 0 Å². The van der Waals surface area contributed by atoms with Crippen molar-refractivity contribution in [1.82, 2.24) is 0 Å². The maximum absolute atomic E-state index is 10.4. The van der Waals surface area contributed by atoms with Crippen LogP contribution in [0.4, 0.5) is 0 Å². The predicted octanol–water partition coefficient (Wildman–Crippen LogP) is 4.26. The first-order valence-corrected chi connectivity index (χ1v) is 9.66. The van der Waals surface area contributed by atoms with Gasteiger partial charge in [0, 0.05) is 13.7 Å². The maximum Gasteiger partial charge on any atom is 0.0622 e. The molecule has 2 heteroatoms. The first-order chi connectivity index (χ1) is 10.4. The largest absolute Gasteiger partial charge is 0.390 e. The molecule has 0 aliphatic heterocycles. The first kappa shape index (κ1) is 15.4.